The minimum atomic E-state index is -0.390. The third kappa shape index (κ3) is 6.18. The van der Waals surface area contributed by atoms with Crippen molar-refractivity contribution < 1.29 is 9.53 Å². The van der Waals surface area contributed by atoms with Crippen molar-refractivity contribution in [3.8, 4) is 0 Å². The maximum atomic E-state index is 11.6. The first-order valence-electron chi connectivity index (χ1n) is 8.30. The highest BCUT2D eigenvalue weighted by Gasteiger charge is 2.25. The van der Waals surface area contributed by atoms with Crippen LogP contribution >= 0.6 is 0 Å². The molecule has 1 fully saturated rings. The van der Waals surface area contributed by atoms with Gasteiger partial charge in [0.2, 0.25) is 0 Å². The van der Waals surface area contributed by atoms with Crippen LogP contribution in [0.1, 0.15) is 65.0 Å². The molecule has 0 radical (unpaired) electrons. The van der Waals surface area contributed by atoms with E-state index in [0.29, 0.717) is 18.4 Å². The van der Waals surface area contributed by atoms with Crippen LogP contribution in [0.5, 0.6) is 0 Å². The summed E-state index contributed by atoms with van der Waals surface area (Å²) in [5.74, 6) is 0.587. The van der Waals surface area contributed by atoms with Crippen molar-refractivity contribution in [1.29, 1.82) is 0 Å². The van der Waals surface area contributed by atoms with Crippen molar-refractivity contribution in [2.75, 3.05) is 6.54 Å². The molecule has 1 aliphatic carbocycles. The number of carbonyl (C=O) groups excluding carboxylic acids is 1. The molecule has 0 bridgehead atoms. The van der Waals surface area contributed by atoms with E-state index in [4.69, 9.17) is 4.74 Å². The molecule has 1 heterocycles. The molecule has 0 aromatic carbocycles. The summed E-state index contributed by atoms with van der Waals surface area (Å²) in [5, 5.41) is 3.45. The lowest BCUT2D eigenvalue weighted by Gasteiger charge is -2.19. The molecule has 1 unspecified atom stereocenters. The van der Waals surface area contributed by atoms with Crippen LogP contribution in [0.3, 0.4) is 0 Å². The molecular weight excluding hydrogens is 278 g/mol. The van der Waals surface area contributed by atoms with Crippen LogP contribution in [0.2, 0.25) is 0 Å². The Morgan fingerprint density at radius 3 is 2.86 bits per heavy atom. The van der Waals surface area contributed by atoms with Crippen LogP contribution in [0, 0.1) is 0 Å². The molecular formula is C17H29N3O2. The minimum Gasteiger partial charge on any atom is -0.460 e. The van der Waals surface area contributed by atoms with Crippen LogP contribution in [0.25, 0.3) is 0 Å². The first-order valence-corrected chi connectivity index (χ1v) is 8.30. The van der Waals surface area contributed by atoms with Gasteiger partial charge in [-0.3, -0.25) is 4.79 Å². The Labute approximate surface area is 133 Å². The number of aromatic nitrogens is 2. The van der Waals surface area contributed by atoms with Gasteiger partial charge in [0.05, 0.1) is 12.0 Å². The molecule has 1 aromatic rings. The summed E-state index contributed by atoms with van der Waals surface area (Å²) >= 11 is 0. The third-order valence-electron chi connectivity index (χ3n) is 3.60. The predicted molar refractivity (Wildman–Crippen MR) is 86.7 cm³/mol. The average Bonchev–Trinajstić information content (AvgIpc) is 3.14. The van der Waals surface area contributed by atoms with E-state index < -0.39 is 5.60 Å². The van der Waals surface area contributed by atoms with E-state index in [1.54, 1.807) is 0 Å². The van der Waals surface area contributed by atoms with Gasteiger partial charge in [-0.05, 0) is 53.5 Å². The number of rotatable bonds is 8. The van der Waals surface area contributed by atoms with Crippen molar-refractivity contribution in [3.05, 3.63) is 18.2 Å². The van der Waals surface area contributed by atoms with Gasteiger partial charge >= 0.3 is 5.97 Å². The zero-order valence-corrected chi connectivity index (χ0v) is 14.3. The summed E-state index contributed by atoms with van der Waals surface area (Å²) < 4.78 is 7.44. The van der Waals surface area contributed by atoms with E-state index in [9.17, 15) is 4.79 Å². The van der Waals surface area contributed by atoms with Crippen molar-refractivity contribution >= 4 is 5.97 Å². The largest absolute Gasteiger partial charge is 0.460 e. The lowest BCUT2D eigenvalue weighted by Crippen LogP contribution is -2.31. The van der Waals surface area contributed by atoms with Gasteiger partial charge in [0.15, 0.2) is 0 Å². The van der Waals surface area contributed by atoms with Gasteiger partial charge in [-0.2, -0.15) is 0 Å². The van der Waals surface area contributed by atoms with Crippen LogP contribution in [0.4, 0.5) is 0 Å². The topological polar surface area (TPSA) is 56.2 Å². The van der Waals surface area contributed by atoms with E-state index in [-0.39, 0.29) is 5.97 Å². The van der Waals surface area contributed by atoms with E-state index in [2.05, 4.69) is 28.0 Å². The number of nitrogens with zero attached hydrogens (tertiary/aromatic N) is 2. The molecule has 5 heteroatoms. The molecule has 22 heavy (non-hydrogen) atoms. The second kappa shape index (κ2) is 7.27. The Bertz CT molecular complexity index is 486. The van der Waals surface area contributed by atoms with E-state index in [1.165, 1.54) is 18.5 Å². The Morgan fingerprint density at radius 2 is 2.23 bits per heavy atom. The zero-order valence-electron chi connectivity index (χ0n) is 14.3. The number of carbonyl (C=O) groups is 1. The van der Waals surface area contributed by atoms with Gasteiger partial charge in [-0.1, -0.05) is 0 Å². The fourth-order valence-electron chi connectivity index (χ4n) is 2.42. The molecule has 0 spiro atoms. The maximum Gasteiger partial charge on any atom is 0.306 e. The molecule has 5 nitrogen and oxygen atoms in total. The van der Waals surface area contributed by atoms with Gasteiger partial charge in [0.1, 0.15) is 5.60 Å². The van der Waals surface area contributed by atoms with Gasteiger partial charge < -0.3 is 14.6 Å². The van der Waals surface area contributed by atoms with Crippen LogP contribution < -0.4 is 5.32 Å². The van der Waals surface area contributed by atoms with Crippen LogP contribution in [-0.4, -0.2) is 33.7 Å². The molecule has 1 aromatic heterocycles. The maximum absolute atomic E-state index is 11.6. The molecule has 1 aliphatic rings. The summed E-state index contributed by atoms with van der Waals surface area (Å²) in [4.78, 5) is 16.1. The number of nitrogens with one attached hydrogen (secondary N) is 1. The normalized spacial score (nSPS) is 16.5. The molecule has 1 saturated carbocycles. The summed E-state index contributed by atoms with van der Waals surface area (Å²) in [6, 6.07) is 0.361. The first kappa shape index (κ1) is 17.0. The fourth-order valence-corrected chi connectivity index (χ4v) is 2.42. The minimum absolute atomic E-state index is 0.120. The SMILES string of the molecule is CC(Cn1cnc(C2CC2)c1)NCCCC(=O)OC(C)(C)C. The van der Waals surface area contributed by atoms with E-state index in [1.807, 2.05) is 27.1 Å². The summed E-state index contributed by atoms with van der Waals surface area (Å²) in [6.07, 6.45) is 7.93. The highest BCUT2D eigenvalue weighted by molar-refractivity contribution is 5.69. The fraction of sp³-hybridized carbons (Fsp3) is 0.765. The highest BCUT2D eigenvalue weighted by Crippen LogP contribution is 2.38. The monoisotopic (exact) mass is 307 g/mol. The lowest BCUT2D eigenvalue weighted by molar-refractivity contribution is -0.154. The van der Waals surface area contributed by atoms with Crippen LogP contribution in [0.15, 0.2) is 12.5 Å². The smallest absolute Gasteiger partial charge is 0.306 e. The average molecular weight is 307 g/mol. The number of imidazole rings is 1. The Morgan fingerprint density at radius 1 is 1.50 bits per heavy atom. The molecule has 0 saturated heterocycles. The summed E-state index contributed by atoms with van der Waals surface area (Å²) in [6.45, 7) is 9.58. The van der Waals surface area contributed by atoms with Gasteiger partial charge in [0.25, 0.3) is 0 Å². The van der Waals surface area contributed by atoms with Gasteiger partial charge in [0, 0.05) is 31.1 Å². The van der Waals surface area contributed by atoms with E-state index >= 15 is 0 Å². The Hall–Kier alpha value is -1.36. The molecule has 1 N–H and O–H groups in total. The molecule has 0 aliphatic heterocycles. The third-order valence-corrected chi connectivity index (χ3v) is 3.60. The van der Waals surface area contributed by atoms with Crippen molar-refractivity contribution in [3.63, 3.8) is 0 Å². The van der Waals surface area contributed by atoms with Crippen molar-refractivity contribution in [2.45, 2.75) is 77.5 Å². The van der Waals surface area contributed by atoms with Crippen molar-refractivity contribution in [2.24, 2.45) is 0 Å². The highest BCUT2D eigenvalue weighted by atomic mass is 16.6. The van der Waals surface area contributed by atoms with Gasteiger partial charge in [-0.25, -0.2) is 4.98 Å². The number of hydrogen-bond acceptors (Lipinski definition) is 4. The second-order valence-electron chi connectivity index (χ2n) is 7.31. The quantitative estimate of drug-likeness (QED) is 0.593. The number of hydrogen-bond donors (Lipinski definition) is 1. The van der Waals surface area contributed by atoms with E-state index in [0.717, 1.165) is 19.5 Å². The second-order valence-corrected chi connectivity index (χ2v) is 7.31. The molecule has 1 atom stereocenters. The molecule has 2 rings (SSSR count). The number of esters is 1. The zero-order chi connectivity index (χ0) is 16.2. The summed E-state index contributed by atoms with van der Waals surface area (Å²) in [7, 11) is 0. The standard InChI is InChI=1S/C17H29N3O2/c1-13(10-20-11-15(19-12-20)14-7-8-14)18-9-5-6-16(21)22-17(2,3)4/h11-14,18H,5-10H2,1-4H3. The Kier molecular flexibility index (Phi) is 5.62. The van der Waals surface area contributed by atoms with Gasteiger partial charge in [-0.15, -0.1) is 0 Å². The van der Waals surface area contributed by atoms with Crippen LogP contribution in [-0.2, 0) is 16.1 Å². The predicted octanol–water partition coefficient (Wildman–Crippen LogP) is 2.86. The van der Waals surface area contributed by atoms with Crippen molar-refractivity contribution in [1.82, 2.24) is 14.9 Å². The molecule has 0 amide bonds. The first-order chi connectivity index (χ1) is 10.3. The summed E-state index contributed by atoms with van der Waals surface area (Å²) in [5.41, 5.74) is 0.843. The number of ether oxygens (including phenoxy) is 1. The lowest BCUT2D eigenvalue weighted by atomic mass is 10.2. The molecule has 124 valence electrons. The Balaban J connectivity index is 1.59.